The minimum atomic E-state index is -0.409. The summed E-state index contributed by atoms with van der Waals surface area (Å²) in [5.41, 5.74) is 19.6. The molecule has 3 rings (SSSR count). The molecule has 1 aromatic carbocycles. The first-order valence-corrected chi connectivity index (χ1v) is 12.4. The van der Waals surface area contributed by atoms with Crippen LogP contribution in [0.5, 0.6) is 0 Å². The zero-order chi connectivity index (χ0) is 25.4. The van der Waals surface area contributed by atoms with Gasteiger partial charge >= 0.3 is 0 Å². The average Bonchev–Trinajstić information content (AvgIpc) is 3.20. The molecule has 2 heterocycles. The first-order valence-electron chi connectivity index (χ1n) is 11.9. The molecule has 0 spiro atoms. The van der Waals surface area contributed by atoms with Crippen LogP contribution in [0.25, 0.3) is 21.9 Å². The number of imidazole rings is 1. The molecule has 1 atom stereocenters. The summed E-state index contributed by atoms with van der Waals surface area (Å²) in [5, 5.41) is 7.13. The number of carbonyl (C=O) groups excluding carboxylic acids is 1. The van der Waals surface area contributed by atoms with Gasteiger partial charge in [0.1, 0.15) is 17.4 Å². The Morgan fingerprint density at radius 1 is 1.20 bits per heavy atom. The number of aryl methyl sites for hydroxylation is 2. The van der Waals surface area contributed by atoms with E-state index in [4.69, 9.17) is 34.4 Å². The van der Waals surface area contributed by atoms with Gasteiger partial charge in [0.25, 0.3) is 0 Å². The number of nitrogens with one attached hydrogen (secondary N) is 2. The monoisotopic (exact) mass is 497 g/mol. The van der Waals surface area contributed by atoms with Crippen molar-refractivity contribution in [3.05, 3.63) is 30.1 Å². The van der Waals surface area contributed by atoms with Crippen LogP contribution >= 0.6 is 12.2 Å². The third-order valence-corrected chi connectivity index (χ3v) is 5.87. The Kier molecular flexibility index (Phi) is 9.18. The van der Waals surface area contributed by atoms with Crippen molar-refractivity contribution in [3.8, 4) is 0 Å². The van der Waals surface area contributed by atoms with Gasteiger partial charge < -0.3 is 32.4 Å². The molecule has 35 heavy (non-hydrogen) atoms. The predicted molar refractivity (Wildman–Crippen MR) is 146 cm³/mol. The third-order valence-electron chi connectivity index (χ3n) is 5.75. The number of rotatable bonds is 12. The molecule has 10 nitrogen and oxygen atoms in total. The van der Waals surface area contributed by atoms with Crippen LogP contribution in [0.3, 0.4) is 0 Å². The highest BCUT2D eigenvalue weighted by molar-refractivity contribution is 7.80. The predicted octanol–water partition coefficient (Wildman–Crippen LogP) is 1.98. The zero-order valence-corrected chi connectivity index (χ0v) is 21.2. The number of amides is 1. The number of carbonyl (C=O) groups is 1. The number of aromatic nitrogens is 3. The molecule has 188 valence electrons. The fraction of sp³-hybridized carbons (Fsp3) is 0.458. The fourth-order valence-electron chi connectivity index (χ4n) is 4.16. The molecule has 0 saturated heterocycles. The number of pyridine rings is 1. The zero-order valence-electron chi connectivity index (χ0n) is 20.4. The lowest BCUT2D eigenvalue weighted by atomic mass is 10.1. The Labute approximate surface area is 210 Å². The quantitative estimate of drug-likeness (QED) is 0.110. The van der Waals surface area contributed by atoms with Crippen molar-refractivity contribution in [1.29, 1.82) is 0 Å². The Hall–Kier alpha value is -3.47. The number of guanidine groups is 1. The van der Waals surface area contributed by atoms with Crippen LogP contribution in [-0.4, -0.2) is 50.5 Å². The number of hydrogen-bond donors (Lipinski definition) is 5. The van der Waals surface area contributed by atoms with E-state index in [2.05, 4.69) is 38.2 Å². The maximum Gasteiger partial charge on any atom is 0.242 e. The number of benzene rings is 1. The number of thiocarbonyl (C=S) groups is 1. The van der Waals surface area contributed by atoms with Gasteiger partial charge in [-0.3, -0.25) is 9.79 Å². The van der Waals surface area contributed by atoms with Crippen LogP contribution in [0.2, 0.25) is 0 Å². The van der Waals surface area contributed by atoms with Gasteiger partial charge in [-0.1, -0.05) is 37.3 Å². The largest absolute Gasteiger partial charge is 0.382 e. The molecule has 0 unspecified atom stereocenters. The maximum atomic E-state index is 12.7. The Balaban J connectivity index is 1.60. The van der Waals surface area contributed by atoms with Crippen molar-refractivity contribution in [2.75, 3.05) is 18.8 Å². The van der Waals surface area contributed by atoms with E-state index < -0.39 is 6.04 Å². The van der Waals surface area contributed by atoms with Crippen LogP contribution in [0.4, 0.5) is 5.82 Å². The standard InChI is InChI=1S/C24H35N9OS/c1-3-19-32-20-21(16-9-4-5-10-17(16)31-22(20)25)33(19)14-7-6-12-28-23(34)18(30-15(2)35)11-8-13-29-24(26)27/h4-5,9-10,18H,3,6-8,11-14H2,1-2H3,(H2,25,31)(H,28,34)(H,30,35)(H4,26,27,29)/t18-/m0/s1. The van der Waals surface area contributed by atoms with E-state index in [0.29, 0.717) is 36.7 Å². The highest BCUT2D eigenvalue weighted by atomic mass is 32.1. The number of aliphatic imine (C=N–C) groups is 1. The molecule has 2 aromatic heterocycles. The highest BCUT2D eigenvalue weighted by Gasteiger charge is 2.18. The van der Waals surface area contributed by atoms with Gasteiger partial charge in [0, 0.05) is 31.4 Å². The van der Waals surface area contributed by atoms with Crippen molar-refractivity contribution in [1.82, 2.24) is 25.2 Å². The molecule has 0 aliphatic heterocycles. The van der Waals surface area contributed by atoms with Gasteiger partial charge in [0.05, 0.1) is 16.0 Å². The topological polar surface area (TPSA) is 162 Å². The Morgan fingerprint density at radius 2 is 1.97 bits per heavy atom. The van der Waals surface area contributed by atoms with Crippen LogP contribution in [-0.2, 0) is 17.8 Å². The van der Waals surface area contributed by atoms with Crippen LogP contribution in [0.15, 0.2) is 29.3 Å². The second-order valence-electron chi connectivity index (χ2n) is 8.44. The lowest BCUT2D eigenvalue weighted by Gasteiger charge is -2.18. The van der Waals surface area contributed by atoms with Gasteiger partial charge in [-0.2, -0.15) is 0 Å². The molecular weight excluding hydrogens is 462 g/mol. The molecule has 0 aliphatic carbocycles. The van der Waals surface area contributed by atoms with E-state index in [1.165, 1.54) is 0 Å². The van der Waals surface area contributed by atoms with Crippen molar-refractivity contribution in [2.24, 2.45) is 16.5 Å². The number of nitrogens with zero attached hydrogens (tertiary/aromatic N) is 4. The van der Waals surface area contributed by atoms with E-state index in [9.17, 15) is 4.79 Å². The summed E-state index contributed by atoms with van der Waals surface area (Å²) in [5.74, 6) is 1.40. The minimum absolute atomic E-state index is 0.0498. The summed E-state index contributed by atoms with van der Waals surface area (Å²) in [7, 11) is 0. The van der Waals surface area contributed by atoms with Crippen molar-refractivity contribution in [3.63, 3.8) is 0 Å². The molecule has 0 bridgehead atoms. The van der Waals surface area contributed by atoms with Gasteiger partial charge in [0.2, 0.25) is 5.91 Å². The maximum absolute atomic E-state index is 12.7. The number of anilines is 1. The van der Waals surface area contributed by atoms with E-state index in [0.717, 1.165) is 53.6 Å². The average molecular weight is 498 g/mol. The summed E-state index contributed by atoms with van der Waals surface area (Å²) in [6, 6.07) is 7.57. The van der Waals surface area contributed by atoms with Gasteiger partial charge in [0.15, 0.2) is 11.8 Å². The van der Waals surface area contributed by atoms with Crippen LogP contribution in [0, 0.1) is 0 Å². The van der Waals surface area contributed by atoms with Crippen LogP contribution in [0.1, 0.15) is 45.4 Å². The first-order chi connectivity index (χ1) is 16.8. The SMILES string of the molecule is CCc1nc2c(N)nc3ccccc3c2n1CCCCNC(=O)[C@H](CCCN=C(N)N)NC(C)=S. The van der Waals surface area contributed by atoms with Gasteiger partial charge in [-0.25, -0.2) is 9.97 Å². The third kappa shape index (κ3) is 6.78. The smallest absolute Gasteiger partial charge is 0.242 e. The summed E-state index contributed by atoms with van der Waals surface area (Å²) < 4.78 is 2.24. The first kappa shape index (κ1) is 26.1. The molecule has 0 fully saturated rings. The van der Waals surface area contributed by atoms with Crippen LogP contribution < -0.4 is 27.8 Å². The Morgan fingerprint density at radius 3 is 2.69 bits per heavy atom. The van der Waals surface area contributed by atoms with Crippen molar-refractivity contribution >= 4 is 56.8 Å². The number of fused-ring (bicyclic) bond motifs is 3. The second-order valence-corrected chi connectivity index (χ2v) is 9.06. The molecule has 11 heteroatoms. The number of unbranched alkanes of at least 4 members (excludes halogenated alkanes) is 1. The molecule has 0 aliphatic rings. The van der Waals surface area contributed by atoms with Crippen molar-refractivity contribution in [2.45, 2.75) is 58.5 Å². The number of nitrogen functional groups attached to an aromatic ring is 1. The van der Waals surface area contributed by atoms with E-state index in [1.54, 1.807) is 6.92 Å². The second kappa shape index (κ2) is 12.3. The van der Waals surface area contributed by atoms with Gasteiger partial charge in [-0.15, -0.1) is 0 Å². The fourth-order valence-corrected chi connectivity index (χ4v) is 4.31. The molecule has 8 N–H and O–H groups in total. The summed E-state index contributed by atoms with van der Waals surface area (Å²) in [4.78, 5) is 26.5. The van der Waals surface area contributed by atoms with E-state index in [-0.39, 0.29) is 11.9 Å². The summed E-state index contributed by atoms with van der Waals surface area (Å²) >= 11 is 5.14. The molecular formula is C24H35N9OS. The lowest BCUT2D eigenvalue weighted by molar-refractivity contribution is -0.122. The number of nitrogens with two attached hydrogens (primary N) is 3. The highest BCUT2D eigenvalue weighted by Crippen LogP contribution is 2.29. The molecule has 1 amide bonds. The van der Waals surface area contributed by atoms with Crippen molar-refractivity contribution < 1.29 is 4.79 Å². The van der Waals surface area contributed by atoms with Gasteiger partial charge in [-0.05, 0) is 38.7 Å². The molecule has 0 saturated carbocycles. The number of para-hydroxylation sites is 1. The number of hydrogen-bond acceptors (Lipinski definition) is 6. The normalized spacial score (nSPS) is 11.9. The summed E-state index contributed by atoms with van der Waals surface area (Å²) in [6.07, 6.45) is 3.75. The molecule has 3 aromatic rings. The van der Waals surface area contributed by atoms with E-state index >= 15 is 0 Å². The lowest BCUT2D eigenvalue weighted by Crippen LogP contribution is -2.46. The van der Waals surface area contributed by atoms with E-state index in [1.807, 2.05) is 18.2 Å². The minimum Gasteiger partial charge on any atom is -0.382 e. The Bertz CT molecular complexity index is 1220. The summed E-state index contributed by atoms with van der Waals surface area (Å²) in [6.45, 7) is 5.67. The molecule has 0 radical (unpaired) electrons.